The molecule has 130 valence electrons. The maximum atomic E-state index is 13.0. The average Bonchev–Trinajstić information content (AvgIpc) is 2.88. The monoisotopic (exact) mass is 373 g/mol. The molecule has 0 saturated carbocycles. The van der Waals surface area contributed by atoms with E-state index < -0.39 is 28.1 Å². The van der Waals surface area contributed by atoms with Gasteiger partial charge in [-0.15, -0.1) is 11.3 Å². The Bertz CT molecular complexity index is 956. The van der Waals surface area contributed by atoms with Crippen molar-refractivity contribution in [3.63, 3.8) is 0 Å². The highest BCUT2D eigenvalue weighted by Crippen LogP contribution is 2.32. The van der Waals surface area contributed by atoms with E-state index in [-0.39, 0.29) is 28.2 Å². The van der Waals surface area contributed by atoms with Crippen molar-refractivity contribution in [2.75, 3.05) is 26.3 Å². The standard InChI is InChI=1S/C13H15N3O6S2/c1-8-11(24(20,21)16-2-4-22-5-3-16)10-12(23-8)14-7-15(13(10)19)6-9(17)18/h7H,2-6H2,1H3,(H,17,18). The summed E-state index contributed by atoms with van der Waals surface area (Å²) in [7, 11) is -3.88. The molecule has 2 aromatic rings. The lowest BCUT2D eigenvalue weighted by molar-refractivity contribution is -0.137. The van der Waals surface area contributed by atoms with E-state index in [4.69, 9.17) is 9.84 Å². The summed E-state index contributed by atoms with van der Waals surface area (Å²) in [6.45, 7) is 2.05. The number of nitrogens with zero attached hydrogens (tertiary/aromatic N) is 3. The minimum absolute atomic E-state index is 0.0484. The van der Waals surface area contributed by atoms with Gasteiger partial charge in [-0.1, -0.05) is 0 Å². The van der Waals surface area contributed by atoms with Gasteiger partial charge >= 0.3 is 5.97 Å². The van der Waals surface area contributed by atoms with Crippen LogP contribution in [0.5, 0.6) is 0 Å². The molecule has 2 aromatic heterocycles. The number of carboxylic acids is 1. The summed E-state index contributed by atoms with van der Waals surface area (Å²) >= 11 is 1.10. The zero-order valence-corrected chi connectivity index (χ0v) is 14.4. The summed E-state index contributed by atoms with van der Waals surface area (Å²) in [5.74, 6) is -1.21. The highest BCUT2D eigenvalue weighted by molar-refractivity contribution is 7.89. The van der Waals surface area contributed by atoms with Gasteiger partial charge in [0.1, 0.15) is 16.3 Å². The fourth-order valence-corrected chi connectivity index (χ4v) is 5.67. The van der Waals surface area contributed by atoms with E-state index in [1.165, 1.54) is 4.31 Å². The molecule has 3 heterocycles. The van der Waals surface area contributed by atoms with Gasteiger partial charge in [0.2, 0.25) is 10.0 Å². The molecule has 0 aliphatic carbocycles. The van der Waals surface area contributed by atoms with E-state index >= 15 is 0 Å². The van der Waals surface area contributed by atoms with Gasteiger partial charge in [0.15, 0.2) is 0 Å². The minimum Gasteiger partial charge on any atom is -0.480 e. The minimum atomic E-state index is -3.88. The van der Waals surface area contributed by atoms with Gasteiger partial charge in [0, 0.05) is 18.0 Å². The molecule has 9 nitrogen and oxygen atoms in total. The smallest absolute Gasteiger partial charge is 0.323 e. The molecular weight excluding hydrogens is 358 g/mol. The molecule has 0 unspecified atom stereocenters. The summed E-state index contributed by atoms with van der Waals surface area (Å²) < 4.78 is 33.3. The summed E-state index contributed by atoms with van der Waals surface area (Å²) in [6, 6.07) is 0. The SMILES string of the molecule is Cc1sc2ncn(CC(=O)O)c(=O)c2c1S(=O)(=O)N1CCOCC1. The van der Waals surface area contributed by atoms with E-state index in [0.29, 0.717) is 18.1 Å². The van der Waals surface area contributed by atoms with Crippen molar-refractivity contribution >= 4 is 37.5 Å². The third kappa shape index (κ3) is 2.83. The quantitative estimate of drug-likeness (QED) is 0.793. The fraction of sp³-hybridized carbons (Fsp3) is 0.462. The van der Waals surface area contributed by atoms with Crippen LogP contribution >= 0.6 is 11.3 Å². The number of carbonyl (C=O) groups is 1. The Hall–Kier alpha value is -1.82. The van der Waals surface area contributed by atoms with Crippen LogP contribution in [0.15, 0.2) is 16.0 Å². The number of aliphatic carboxylic acids is 1. The van der Waals surface area contributed by atoms with Crippen molar-refractivity contribution in [1.29, 1.82) is 0 Å². The normalized spacial score (nSPS) is 16.5. The fourth-order valence-electron chi connectivity index (χ4n) is 2.60. The summed E-state index contributed by atoms with van der Waals surface area (Å²) in [6.07, 6.45) is 1.12. The van der Waals surface area contributed by atoms with Crippen molar-refractivity contribution < 1.29 is 23.1 Å². The van der Waals surface area contributed by atoms with E-state index in [1.807, 2.05) is 0 Å². The van der Waals surface area contributed by atoms with Crippen LogP contribution in [0.2, 0.25) is 0 Å². The van der Waals surface area contributed by atoms with Crippen LogP contribution in [0.1, 0.15) is 4.88 Å². The molecule has 0 spiro atoms. The Morgan fingerprint density at radius 2 is 2.08 bits per heavy atom. The topological polar surface area (TPSA) is 119 Å². The molecular formula is C13H15N3O6S2. The molecule has 1 aliphatic rings. The Balaban J connectivity index is 2.22. The number of fused-ring (bicyclic) bond motifs is 1. The second kappa shape index (κ2) is 6.24. The van der Waals surface area contributed by atoms with Crippen molar-refractivity contribution in [2.45, 2.75) is 18.4 Å². The molecule has 24 heavy (non-hydrogen) atoms. The predicted molar refractivity (Wildman–Crippen MR) is 85.8 cm³/mol. The highest BCUT2D eigenvalue weighted by atomic mass is 32.2. The first-order chi connectivity index (χ1) is 11.3. The summed E-state index contributed by atoms with van der Waals surface area (Å²) in [5, 5.41) is 8.83. The zero-order chi connectivity index (χ0) is 17.5. The predicted octanol–water partition coefficient (Wildman–Crippen LogP) is -0.128. The van der Waals surface area contributed by atoms with Gasteiger partial charge in [-0.2, -0.15) is 4.31 Å². The lowest BCUT2D eigenvalue weighted by Crippen LogP contribution is -2.41. The van der Waals surface area contributed by atoms with Gasteiger partial charge in [-0.05, 0) is 6.92 Å². The second-order valence-electron chi connectivity index (χ2n) is 5.26. The Morgan fingerprint density at radius 3 is 2.71 bits per heavy atom. The second-order valence-corrected chi connectivity index (χ2v) is 8.33. The maximum absolute atomic E-state index is 13.0. The number of aryl methyl sites for hydroxylation is 1. The Kier molecular flexibility index (Phi) is 4.42. The molecule has 0 aromatic carbocycles. The van der Waals surface area contributed by atoms with Gasteiger partial charge in [-0.3, -0.25) is 14.2 Å². The zero-order valence-electron chi connectivity index (χ0n) is 12.8. The van der Waals surface area contributed by atoms with Crippen LogP contribution in [-0.2, 0) is 26.1 Å². The van der Waals surface area contributed by atoms with E-state index in [2.05, 4.69) is 4.98 Å². The van der Waals surface area contributed by atoms with Crippen LogP contribution < -0.4 is 5.56 Å². The van der Waals surface area contributed by atoms with E-state index in [1.54, 1.807) is 6.92 Å². The number of aromatic nitrogens is 2. The Morgan fingerprint density at radius 1 is 1.42 bits per heavy atom. The van der Waals surface area contributed by atoms with Crippen molar-refractivity contribution in [2.24, 2.45) is 0 Å². The number of carboxylic acid groups (broad SMARTS) is 1. The number of sulfonamides is 1. The first-order valence-corrected chi connectivity index (χ1v) is 9.36. The number of morpholine rings is 1. The van der Waals surface area contributed by atoms with Gasteiger partial charge in [0.05, 0.1) is 24.9 Å². The van der Waals surface area contributed by atoms with Crippen LogP contribution in [0.4, 0.5) is 0 Å². The highest BCUT2D eigenvalue weighted by Gasteiger charge is 2.32. The van der Waals surface area contributed by atoms with Crippen LogP contribution in [0.3, 0.4) is 0 Å². The Labute approximate surface area is 141 Å². The molecule has 1 saturated heterocycles. The van der Waals surface area contributed by atoms with Gasteiger partial charge in [-0.25, -0.2) is 13.4 Å². The molecule has 3 rings (SSSR count). The van der Waals surface area contributed by atoms with Gasteiger partial charge in [0.25, 0.3) is 5.56 Å². The van der Waals surface area contributed by atoms with E-state index in [0.717, 1.165) is 22.2 Å². The van der Waals surface area contributed by atoms with Gasteiger partial charge < -0.3 is 9.84 Å². The molecule has 1 fully saturated rings. The number of hydrogen-bond donors (Lipinski definition) is 1. The van der Waals surface area contributed by atoms with Crippen molar-refractivity contribution in [1.82, 2.24) is 13.9 Å². The summed E-state index contributed by atoms with van der Waals surface area (Å²) in [5.41, 5.74) is -0.668. The summed E-state index contributed by atoms with van der Waals surface area (Å²) in [4.78, 5) is 28.2. The molecule has 0 radical (unpaired) electrons. The van der Waals surface area contributed by atoms with Crippen molar-refractivity contribution in [3.05, 3.63) is 21.6 Å². The molecule has 1 aliphatic heterocycles. The lowest BCUT2D eigenvalue weighted by Gasteiger charge is -2.26. The molecule has 11 heteroatoms. The lowest BCUT2D eigenvalue weighted by atomic mass is 10.3. The van der Waals surface area contributed by atoms with Crippen LogP contribution in [0, 0.1) is 6.92 Å². The first kappa shape index (κ1) is 17.0. The number of rotatable bonds is 4. The molecule has 0 amide bonds. The van der Waals surface area contributed by atoms with E-state index in [9.17, 15) is 18.0 Å². The maximum Gasteiger partial charge on any atom is 0.323 e. The number of ether oxygens (including phenoxy) is 1. The first-order valence-electron chi connectivity index (χ1n) is 7.10. The third-order valence-corrected chi connectivity index (χ3v) is 6.89. The molecule has 1 N–H and O–H groups in total. The van der Waals surface area contributed by atoms with Crippen LogP contribution in [-0.4, -0.2) is 59.7 Å². The average molecular weight is 373 g/mol. The largest absolute Gasteiger partial charge is 0.480 e. The number of hydrogen-bond acceptors (Lipinski definition) is 7. The molecule has 0 bridgehead atoms. The van der Waals surface area contributed by atoms with Crippen LogP contribution in [0.25, 0.3) is 10.2 Å². The molecule has 0 atom stereocenters. The number of thiophene rings is 1. The third-order valence-electron chi connectivity index (χ3n) is 3.67. The van der Waals surface area contributed by atoms with Crippen molar-refractivity contribution in [3.8, 4) is 0 Å².